The first kappa shape index (κ1) is 25.2. The Morgan fingerprint density at radius 3 is 2.47 bits per heavy atom. The number of nitrogens with two attached hydrogens (primary N) is 1. The highest BCUT2D eigenvalue weighted by Gasteiger charge is 2.60. The van der Waals surface area contributed by atoms with E-state index in [0.29, 0.717) is 30.8 Å². The summed E-state index contributed by atoms with van der Waals surface area (Å²) in [6.07, 6.45) is 1.48. The summed E-state index contributed by atoms with van der Waals surface area (Å²) in [7, 11) is 3.43. The number of nitrogens with zero attached hydrogens (tertiary/aromatic N) is 2. The van der Waals surface area contributed by atoms with E-state index in [1.54, 1.807) is 19.0 Å². The summed E-state index contributed by atoms with van der Waals surface area (Å²) in [5, 5.41) is 16.4. The van der Waals surface area contributed by atoms with Gasteiger partial charge in [-0.1, -0.05) is 13.8 Å². The molecule has 0 bridgehead atoms. The Hall–Kier alpha value is -1.95. The number of amides is 2. The Morgan fingerprint density at radius 1 is 1.21 bits per heavy atom. The molecule has 0 radical (unpaired) electrons. The van der Waals surface area contributed by atoms with Crippen molar-refractivity contribution in [2.75, 3.05) is 27.2 Å². The van der Waals surface area contributed by atoms with E-state index in [-0.39, 0.29) is 76.9 Å². The lowest BCUT2D eigenvalue weighted by Gasteiger charge is -2.47. The number of rotatable bonds is 8. The van der Waals surface area contributed by atoms with Gasteiger partial charge >= 0.3 is 5.97 Å². The Labute approximate surface area is 204 Å². The van der Waals surface area contributed by atoms with Crippen LogP contribution in [0.3, 0.4) is 0 Å². The number of nitrogens with one attached hydrogen (secondary N) is 2. The van der Waals surface area contributed by atoms with Crippen molar-refractivity contribution in [3.8, 4) is 0 Å². The van der Waals surface area contributed by atoms with Crippen molar-refractivity contribution in [1.82, 2.24) is 20.4 Å². The zero-order valence-corrected chi connectivity index (χ0v) is 20.9. The fourth-order valence-corrected chi connectivity index (χ4v) is 7.31. The third-order valence-corrected chi connectivity index (χ3v) is 9.12. The molecule has 188 valence electrons. The second kappa shape index (κ2) is 9.60. The van der Waals surface area contributed by atoms with Gasteiger partial charge in [-0.05, 0) is 18.8 Å². The number of carbonyl (C=O) groups is 4. The van der Waals surface area contributed by atoms with Crippen LogP contribution in [-0.4, -0.2) is 95.1 Å². The molecule has 8 atom stereocenters. The molecule has 11 heteroatoms. The largest absolute Gasteiger partial charge is 0.477 e. The van der Waals surface area contributed by atoms with Gasteiger partial charge < -0.3 is 31.3 Å². The van der Waals surface area contributed by atoms with E-state index in [1.807, 2.05) is 13.8 Å². The summed E-state index contributed by atoms with van der Waals surface area (Å²) in [6.45, 7) is 5.08. The van der Waals surface area contributed by atoms with E-state index in [9.17, 15) is 24.3 Å². The fraction of sp³-hybridized carbons (Fsp3) is 0.739. The standard InChI is InChI=1S/C23H35N5O5S/c1-10(5-16(29)14-6-12(24)8-25-14)17-18-11(2)20(19(23(32)33)28(18)22(17)31)34-13-7-15(26-9-13)21(30)27(3)4/h10-15,17-18,25-26H,5-9,24H2,1-4H3,(H,32,33)/t10-,11+,12-,13-,14-,15-,17+,18+/m0/s1. The van der Waals surface area contributed by atoms with E-state index in [4.69, 9.17) is 5.73 Å². The lowest BCUT2D eigenvalue weighted by atomic mass is 9.73. The molecule has 3 saturated heterocycles. The summed E-state index contributed by atoms with van der Waals surface area (Å²) in [4.78, 5) is 54.0. The number of carboxylic acids is 1. The van der Waals surface area contributed by atoms with Gasteiger partial charge in [-0.3, -0.25) is 14.4 Å². The average molecular weight is 494 g/mol. The number of hydrogen-bond acceptors (Lipinski definition) is 8. The molecule has 0 aromatic heterocycles. The van der Waals surface area contributed by atoms with Crippen molar-refractivity contribution in [2.24, 2.45) is 23.5 Å². The quantitative estimate of drug-likeness (QED) is 0.332. The molecule has 5 N–H and O–H groups in total. The zero-order chi connectivity index (χ0) is 24.9. The van der Waals surface area contributed by atoms with Gasteiger partial charge in [0.2, 0.25) is 11.8 Å². The first-order valence-electron chi connectivity index (χ1n) is 11.9. The smallest absolute Gasteiger partial charge is 0.353 e. The number of Topliss-reactive ketones (excluding diaryl/α,β-unsaturated/α-hetero) is 1. The van der Waals surface area contributed by atoms with Crippen LogP contribution in [-0.2, 0) is 19.2 Å². The monoisotopic (exact) mass is 493 g/mol. The molecule has 4 aliphatic heterocycles. The summed E-state index contributed by atoms with van der Waals surface area (Å²) in [5.74, 6) is -1.96. The lowest BCUT2D eigenvalue weighted by molar-refractivity contribution is -0.160. The van der Waals surface area contributed by atoms with Crippen LogP contribution in [0.25, 0.3) is 0 Å². The van der Waals surface area contributed by atoms with Gasteiger partial charge in [-0.15, -0.1) is 11.8 Å². The number of thioether (sulfide) groups is 1. The van der Waals surface area contributed by atoms with Crippen molar-refractivity contribution in [3.05, 3.63) is 10.6 Å². The number of likely N-dealkylation sites (N-methyl/N-ethyl adjacent to an activating group) is 1. The molecule has 0 aromatic carbocycles. The molecule has 4 rings (SSSR count). The molecule has 34 heavy (non-hydrogen) atoms. The maximum absolute atomic E-state index is 13.1. The van der Waals surface area contributed by atoms with Crippen molar-refractivity contribution in [3.63, 3.8) is 0 Å². The normalized spacial score (nSPS) is 35.9. The summed E-state index contributed by atoms with van der Waals surface area (Å²) < 4.78 is 0. The maximum atomic E-state index is 13.1. The van der Waals surface area contributed by atoms with Crippen LogP contribution >= 0.6 is 11.8 Å². The van der Waals surface area contributed by atoms with Crippen LogP contribution in [0.2, 0.25) is 0 Å². The van der Waals surface area contributed by atoms with E-state index >= 15 is 0 Å². The maximum Gasteiger partial charge on any atom is 0.353 e. The number of ketones is 1. The minimum atomic E-state index is -1.11. The van der Waals surface area contributed by atoms with Crippen LogP contribution < -0.4 is 16.4 Å². The van der Waals surface area contributed by atoms with Gasteiger partial charge in [0.1, 0.15) is 11.5 Å². The fourth-order valence-electron chi connectivity index (χ4n) is 5.83. The van der Waals surface area contributed by atoms with Crippen molar-refractivity contribution in [1.29, 1.82) is 0 Å². The highest BCUT2D eigenvalue weighted by molar-refractivity contribution is 8.03. The number of hydrogen-bond donors (Lipinski definition) is 4. The summed E-state index contributed by atoms with van der Waals surface area (Å²) in [6, 6.07) is -0.833. The third-order valence-electron chi connectivity index (χ3n) is 7.60. The van der Waals surface area contributed by atoms with Gasteiger partial charge in [0.25, 0.3) is 0 Å². The first-order chi connectivity index (χ1) is 16.0. The number of carboxylic acid groups (broad SMARTS) is 1. The van der Waals surface area contributed by atoms with Crippen LogP contribution in [0.15, 0.2) is 10.6 Å². The van der Waals surface area contributed by atoms with Crippen molar-refractivity contribution >= 4 is 35.3 Å². The molecular formula is C23H35N5O5S. The van der Waals surface area contributed by atoms with E-state index in [0.717, 1.165) is 0 Å². The van der Waals surface area contributed by atoms with Gasteiger partial charge in [-0.2, -0.15) is 0 Å². The molecule has 0 saturated carbocycles. The Bertz CT molecular complexity index is 923. The second-order valence-electron chi connectivity index (χ2n) is 10.3. The Morgan fingerprint density at radius 2 is 1.88 bits per heavy atom. The lowest BCUT2D eigenvalue weighted by Crippen LogP contribution is -2.62. The number of fused-ring (bicyclic) bond motifs is 1. The third kappa shape index (κ3) is 4.38. The Kier molecular flexibility index (Phi) is 7.10. The van der Waals surface area contributed by atoms with Crippen LogP contribution in [0.1, 0.15) is 33.1 Å². The topological polar surface area (TPSA) is 145 Å². The number of β-lactam (4-membered cyclic amide) rings is 1. The molecular weight excluding hydrogens is 458 g/mol. The number of aliphatic carboxylic acids is 1. The summed E-state index contributed by atoms with van der Waals surface area (Å²) >= 11 is 1.47. The molecule has 0 aromatic rings. The van der Waals surface area contributed by atoms with Crippen LogP contribution in [0, 0.1) is 17.8 Å². The van der Waals surface area contributed by atoms with Gasteiger partial charge in [0.05, 0.1) is 24.0 Å². The molecule has 0 unspecified atom stereocenters. The molecule has 0 aliphatic carbocycles. The molecule has 10 nitrogen and oxygen atoms in total. The zero-order valence-electron chi connectivity index (χ0n) is 20.1. The van der Waals surface area contributed by atoms with E-state index < -0.39 is 5.97 Å². The SMILES string of the molecule is C[C@@H](CC(=O)[C@@H]1C[C@H](N)CN1)[C@H]1C(=O)N2C(C(=O)O)=C(S[C@@H]3CN[C@H](C(=O)N(C)C)C3)[C@H](C)[C@H]12. The molecule has 2 amide bonds. The Balaban J connectivity index is 1.44. The molecule has 4 heterocycles. The molecule has 3 fully saturated rings. The van der Waals surface area contributed by atoms with Gasteiger partial charge in [0.15, 0.2) is 0 Å². The average Bonchev–Trinajstić information content (AvgIpc) is 3.46. The van der Waals surface area contributed by atoms with Gasteiger partial charge in [-0.25, -0.2) is 4.79 Å². The minimum Gasteiger partial charge on any atom is -0.477 e. The summed E-state index contributed by atoms with van der Waals surface area (Å²) in [5.41, 5.74) is 5.97. The van der Waals surface area contributed by atoms with Gasteiger partial charge in [0, 0.05) is 55.7 Å². The van der Waals surface area contributed by atoms with E-state index in [1.165, 1.54) is 16.7 Å². The van der Waals surface area contributed by atoms with Crippen molar-refractivity contribution in [2.45, 2.75) is 62.5 Å². The predicted octanol–water partition coefficient (Wildman–Crippen LogP) is -0.404. The van der Waals surface area contributed by atoms with Crippen LogP contribution in [0.4, 0.5) is 0 Å². The minimum absolute atomic E-state index is 0.00488. The van der Waals surface area contributed by atoms with E-state index in [2.05, 4.69) is 10.6 Å². The highest BCUT2D eigenvalue weighted by Crippen LogP contribution is 2.53. The second-order valence-corrected chi connectivity index (χ2v) is 11.6. The van der Waals surface area contributed by atoms with Crippen molar-refractivity contribution < 1.29 is 24.3 Å². The molecule has 4 aliphatic rings. The number of carbonyl (C=O) groups excluding carboxylic acids is 3. The predicted molar refractivity (Wildman–Crippen MR) is 128 cm³/mol. The first-order valence-corrected chi connectivity index (χ1v) is 12.8. The van der Waals surface area contributed by atoms with Crippen LogP contribution in [0.5, 0.6) is 0 Å². The highest BCUT2D eigenvalue weighted by atomic mass is 32.2. The molecule has 0 spiro atoms.